The summed E-state index contributed by atoms with van der Waals surface area (Å²) in [5, 5.41) is 0.850. The van der Waals surface area contributed by atoms with Gasteiger partial charge in [0, 0.05) is 0 Å². The average molecular weight is 344 g/mol. The van der Waals surface area contributed by atoms with E-state index in [9.17, 15) is 7.84 Å². The summed E-state index contributed by atoms with van der Waals surface area (Å²) in [5.41, 5.74) is 6.67. The number of hydrogen-bond acceptors (Lipinski definition) is 4. The van der Waals surface area contributed by atoms with Crippen molar-refractivity contribution in [1.82, 2.24) is 4.98 Å². The van der Waals surface area contributed by atoms with Crippen LogP contribution in [-0.2, 0) is 3.74 Å². The molecule has 0 fully saturated rings. The Balaban J connectivity index is 2.01. The summed E-state index contributed by atoms with van der Waals surface area (Å²) in [7, 11) is 0. The second-order valence-electron chi connectivity index (χ2n) is 4.53. The Hall–Kier alpha value is -2.23. The van der Waals surface area contributed by atoms with Gasteiger partial charge in [0.2, 0.25) is 0 Å². The van der Waals surface area contributed by atoms with Crippen LogP contribution in [-0.4, -0.2) is 23.3 Å². The Labute approximate surface area is 124 Å². The Morgan fingerprint density at radius 3 is 2.52 bits per heavy atom. The SMILES string of the molecule is Nc1ccc([As](=O)(O)Oc2cccc3cccnc23)cc1. The standard InChI is InChI=1S/C15H13AsN2O3/c17-13-8-6-12(7-9-13)16(19,20)21-14-5-1-3-11-4-2-10-18-15(11)14/h1-10H,17H2,(H,19,20). The molecule has 0 radical (unpaired) electrons. The Bertz CT molecular complexity index is 828. The van der Waals surface area contributed by atoms with Crippen LogP contribution in [0.5, 0.6) is 5.75 Å². The van der Waals surface area contributed by atoms with Gasteiger partial charge < -0.3 is 0 Å². The van der Waals surface area contributed by atoms with Gasteiger partial charge in [0.05, 0.1) is 0 Å². The number of pyridine rings is 1. The zero-order valence-electron chi connectivity index (χ0n) is 11.0. The van der Waals surface area contributed by atoms with Gasteiger partial charge in [0.25, 0.3) is 0 Å². The molecule has 0 spiro atoms. The average Bonchev–Trinajstić information content (AvgIpc) is 2.48. The molecule has 0 saturated carbocycles. The molecule has 6 heteroatoms. The number of benzene rings is 2. The number of anilines is 1. The van der Waals surface area contributed by atoms with Crippen LogP contribution >= 0.6 is 0 Å². The van der Waals surface area contributed by atoms with Gasteiger partial charge in [-0.1, -0.05) is 0 Å². The van der Waals surface area contributed by atoms with Crippen LogP contribution in [0, 0.1) is 0 Å². The Kier molecular flexibility index (Phi) is 3.45. The molecule has 0 saturated heterocycles. The molecule has 1 heterocycles. The Morgan fingerprint density at radius 1 is 1.05 bits per heavy atom. The van der Waals surface area contributed by atoms with Crippen molar-refractivity contribution >= 4 is 35.1 Å². The quantitative estimate of drug-likeness (QED) is 0.555. The van der Waals surface area contributed by atoms with E-state index in [1.807, 2.05) is 12.1 Å². The minimum atomic E-state index is -4.69. The van der Waals surface area contributed by atoms with Crippen LogP contribution in [0.15, 0.2) is 60.8 Å². The number of nitrogens with two attached hydrogens (primary N) is 1. The fourth-order valence-electron chi connectivity index (χ4n) is 2.00. The predicted octanol–water partition coefficient (Wildman–Crippen LogP) is 1.46. The zero-order valence-corrected chi connectivity index (χ0v) is 12.9. The number of para-hydroxylation sites is 1. The molecule has 1 atom stereocenters. The van der Waals surface area contributed by atoms with Gasteiger partial charge in [-0.2, -0.15) is 0 Å². The third-order valence-electron chi connectivity index (χ3n) is 3.04. The molecule has 5 nitrogen and oxygen atoms in total. The molecular weight excluding hydrogens is 331 g/mol. The van der Waals surface area contributed by atoms with Crippen LogP contribution in [0.25, 0.3) is 10.9 Å². The van der Waals surface area contributed by atoms with Gasteiger partial charge in [0.15, 0.2) is 0 Å². The fraction of sp³-hybridized carbons (Fsp3) is 0. The number of aromatic nitrogens is 1. The van der Waals surface area contributed by atoms with E-state index < -0.39 is 14.2 Å². The van der Waals surface area contributed by atoms with E-state index in [1.165, 1.54) is 12.1 Å². The summed E-state index contributed by atoms with van der Waals surface area (Å²) < 4.78 is 28.3. The van der Waals surface area contributed by atoms with Crippen molar-refractivity contribution in [3.05, 3.63) is 60.8 Å². The van der Waals surface area contributed by atoms with E-state index >= 15 is 0 Å². The van der Waals surface area contributed by atoms with Crippen molar-refractivity contribution in [3.63, 3.8) is 0 Å². The topological polar surface area (TPSA) is 85.4 Å². The van der Waals surface area contributed by atoms with E-state index in [-0.39, 0.29) is 4.35 Å². The number of nitrogens with zero attached hydrogens (tertiary/aromatic N) is 1. The molecule has 0 amide bonds. The number of rotatable bonds is 3. The van der Waals surface area contributed by atoms with Crippen molar-refractivity contribution in [2.45, 2.75) is 0 Å². The molecule has 1 unspecified atom stereocenters. The van der Waals surface area contributed by atoms with E-state index in [2.05, 4.69) is 4.98 Å². The van der Waals surface area contributed by atoms with E-state index in [0.717, 1.165) is 5.39 Å². The first-order valence-electron chi connectivity index (χ1n) is 6.28. The van der Waals surface area contributed by atoms with Crippen LogP contribution in [0.3, 0.4) is 0 Å². The maximum absolute atomic E-state index is 12.5. The first-order valence-corrected chi connectivity index (χ1v) is 9.59. The molecule has 3 aromatic rings. The first kappa shape index (κ1) is 13.7. The monoisotopic (exact) mass is 344 g/mol. The summed E-state index contributed by atoms with van der Waals surface area (Å²) in [6.45, 7) is 0. The third kappa shape index (κ3) is 2.79. The third-order valence-corrected chi connectivity index (χ3v) is 5.96. The molecule has 1 aromatic heterocycles. The molecular formula is C15H13AsN2O3. The molecule has 0 aliphatic carbocycles. The van der Waals surface area contributed by atoms with Gasteiger partial charge >= 0.3 is 124 Å². The van der Waals surface area contributed by atoms with Crippen molar-refractivity contribution in [2.24, 2.45) is 0 Å². The molecule has 0 aliphatic heterocycles. The van der Waals surface area contributed by atoms with Gasteiger partial charge in [-0.15, -0.1) is 0 Å². The minimum absolute atomic E-state index is 0.246. The number of nitrogen functional groups attached to an aromatic ring is 1. The van der Waals surface area contributed by atoms with Gasteiger partial charge in [-0.25, -0.2) is 0 Å². The second-order valence-corrected chi connectivity index (χ2v) is 8.18. The van der Waals surface area contributed by atoms with Gasteiger partial charge in [-0.05, 0) is 0 Å². The van der Waals surface area contributed by atoms with Crippen molar-refractivity contribution in [3.8, 4) is 5.75 Å². The van der Waals surface area contributed by atoms with Crippen molar-refractivity contribution < 1.29 is 11.6 Å². The first-order chi connectivity index (χ1) is 10.1. The summed E-state index contributed by atoms with van der Waals surface area (Å²) in [4.78, 5) is 4.21. The summed E-state index contributed by atoms with van der Waals surface area (Å²) in [5.74, 6) is 0.301. The van der Waals surface area contributed by atoms with Crippen LogP contribution in [0.4, 0.5) is 5.69 Å². The number of hydrogen-bond donors (Lipinski definition) is 2. The van der Waals surface area contributed by atoms with Crippen LogP contribution < -0.4 is 13.8 Å². The summed E-state index contributed by atoms with van der Waals surface area (Å²) in [6, 6.07) is 15.1. The van der Waals surface area contributed by atoms with E-state index in [4.69, 9.17) is 9.46 Å². The summed E-state index contributed by atoms with van der Waals surface area (Å²) in [6.07, 6.45) is 1.62. The molecule has 21 heavy (non-hydrogen) atoms. The number of fused-ring (bicyclic) bond motifs is 1. The van der Waals surface area contributed by atoms with Crippen LogP contribution in [0.2, 0.25) is 0 Å². The van der Waals surface area contributed by atoms with E-state index in [0.29, 0.717) is 17.0 Å². The van der Waals surface area contributed by atoms with E-state index in [1.54, 1.807) is 36.5 Å². The predicted molar refractivity (Wildman–Crippen MR) is 81.5 cm³/mol. The normalized spacial score (nSPS) is 13.8. The summed E-state index contributed by atoms with van der Waals surface area (Å²) >= 11 is -4.69. The fourth-order valence-corrected chi connectivity index (χ4v) is 4.19. The molecule has 2 aromatic carbocycles. The van der Waals surface area contributed by atoms with Gasteiger partial charge in [-0.3, -0.25) is 0 Å². The Morgan fingerprint density at radius 2 is 1.76 bits per heavy atom. The maximum atomic E-state index is 12.5. The molecule has 0 bridgehead atoms. The second kappa shape index (κ2) is 5.28. The van der Waals surface area contributed by atoms with Crippen LogP contribution in [0.1, 0.15) is 0 Å². The molecule has 3 rings (SSSR count). The van der Waals surface area contributed by atoms with Gasteiger partial charge in [0.1, 0.15) is 0 Å². The zero-order chi connectivity index (χ0) is 14.9. The van der Waals surface area contributed by atoms with Crippen molar-refractivity contribution in [2.75, 3.05) is 5.73 Å². The molecule has 0 aliphatic rings. The molecule has 106 valence electrons. The van der Waals surface area contributed by atoms with Crippen molar-refractivity contribution in [1.29, 1.82) is 0 Å². The molecule has 3 N–H and O–H groups in total.